The Kier molecular flexibility index (Phi) is 6.47. The second kappa shape index (κ2) is 9.61. The Labute approximate surface area is 176 Å². The lowest BCUT2D eigenvalue weighted by molar-refractivity contribution is 0.0998. The fourth-order valence-electron chi connectivity index (χ4n) is 3.81. The van der Waals surface area contributed by atoms with Gasteiger partial charge >= 0.3 is 0 Å². The van der Waals surface area contributed by atoms with Gasteiger partial charge in [0.25, 0.3) is 0 Å². The highest BCUT2D eigenvalue weighted by molar-refractivity contribution is 6.16. The first-order valence-corrected chi connectivity index (χ1v) is 10.3. The fourth-order valence-corrected chi connectivity index (χ4v) is 3.81. The van der Waals surface area contributed by atoms with Gasteiger partial charge in [0.05, 0.1) is 35.1 Å². The van der Waals surface area contributed by atoms with E-state index >= 15 is 0 Å². The molecule has 154 valence electrons. The van der Waals surface area contributed by atoms with Gasteiger partial charge in [0.15, 0.2) is 5.78 Å². The number of nitrogens with one attached hydrogen (secondary N) is 2. The minimum Gasteiger partial charge on any atom is -0.488 e. The Balaban J connectivity index is 1.42. The topological polar surface area (TPSA) is 99.4 Å². The number of carbonyl (C=O) groups is 1. The van der Waals surface area contributed by atoms with E-state index in [4.69, 9.17) is 15.0 Å². The molecule has 30 heavy (non-hydrogen) atoms. The van der Waals surface area contributed by atoms with Gasteiger partial charge in [-0.15, -0.1) is 0 Å². The number of pyridine rings is 1. The molecule has 0 spiro atoms. The lowest BCUT2D eigenvalue weighted by Crippen LogP contribution is -2.33. The number of benzene rings is 1. The number of rotatable bonds is 7. The zero-order valence-corrected chi connectivity index (χ0v) is 16.9. The van der Waals surface area contributed by atoms with Crippen LogP contribution >= 0.6 is 0 Å². The zero-order valence-electron chi connectivity index (χ0n) is 16.9. The maximum absolute atomic E-state index is 12.6. The molecule has 2 aliphatic heterocycles. The predicted octanol–water partition coefficient (Wildman–Crippen LogP) is 2.78. The number of hydrogen-bond donors (Lipinski definition) is 2. The predicted molar refractivity (Wildman–Crippen MR) is 114 cm³/mol. The highest BCUT2D eigenvalue weighted by atomic mass is 16.5. The number of aliphatic imine (C=N–C) groups is 1. The van der Waals surface area contributed by atoms with Gasteiger partial charge in [-0.05, 0) is 68.7 Å². The van der Waals surface area contributed by atoms with E-state index < -0.39 is 0 Å². The minimum atomic E-state index is 0.0421. The Hall–Kier alpha value is -3.08. The largest absolute Gasteiger partial charge is 0.488 e. The van der Waals surface area contributed by atoms with Crippen LogP contribution in [0.5, 0.6) is 5.75 Å². The number of hydrogen-bond acceptors (Lipinski definition) is 7. The molecule has 0 saturated carbocycles. The molecule has 0 aliphatic carbocycles. The molecule has 1 aromatic heterocycles. The number of fused-ring (bicyclic) bond motifs is 1. The quantitative estimate of drug-likeness (QED) is 0.737. The number of carbonyl (C=O) groups excluding carboxylic acids is 1. The molecule has 2 aliphatic rings. The van der Waals surface area contributed by atoms with Crippen LogP contribution in [0, 0.1) is 17.2 Å². The first-order chi connectivity index (χ1) is 14.7. The highest BCUT2D eigenvalue weighted by Crippen LogP contribution is 2.29. The Morgan fingerprint density at radius 1 is 1.20 bits per heavy atom. The smallest absolute Gasteiger partial charge is 0.170 e. The average Bonchev–Trinajstić information content (AvgIpc) is 2.79. The van der Waals surface area contributed by atoms with E-state index in [1.165, 1.54) is 12.8 Å². The van der Waals surface area contributed by atoms with Crippen molar-refractivity contribution in [2.75, 3.05) is 26.2 Å². The second-order valence-electron chi connectivity index (χ2n) is 7.68. The van der Waals surface area contributed by atoms with Crippen molar-refractivity contribution in [1.82, 2.24) is 15.6 Å². The maximum atomic E-state index is 12.6. The van der Waals surface area contributed by atoms with Crippen LogP contribution in [0.15, 0.2) is 41.5 Å². The first-order valence-electron chi connectivity index (χ1n) is 10.3. The number of nitriles is 1. The van der Waals surface area contributed by atoms with Crippen molar-refractivity contribution in [3.05, 3.63) is 53.3 Å². The first kappa shape index (κ1) is 20.2. The van der Waals surface area contributed by atoms with Gasteiger partial charge in [0, 0.05) is 18.3 Å². The molecule has 7 nitrogen and oxygen atoms in total. The third kappa shape index (κ3) is 4.90. The van der Waals surface area contributed by atoms with Gasteiger partial charge in [0.2, 0.25) is 0 Å². The van der Waals surface area contributed by atoms with Crippen molar-refractivity contribution in [3.63, 3.8) is 0 Å². The molecular formula is C23H25N5O2. The summed E-state index contributed by atoms with van der Waals surface area (Å²) in [6, 6.07) is 10.7. The third-order valence-corrected chi connectivity index (χ3v) is 5.51. The summed E-state index contributed by atoms with van der Waals surface area (Å²) < 4.78 is 5.77. The zero-order chi connectivity index (χ0) is 20.8. The Morgan fingerprint density at radius 3 is 2.77 bits per heavy atom. The molecule has 0 atom stereocenters. The molecule has 1 fully saturated rings. The molecular weight excluding hydrogens is 378 g/mol. The summed E-state index contributed by atoms with van der Waals surface area (Å²) in [4.78, 5) is 21.8. The number of ether oxygens (including phenoxy) is 1. The van der Waals surface area contributed by atoms with Crippen LogP contribution in [-0.2, 0) is 6.54 Å². The van der Waals surface area contributed by atoms with Crippen molar-refractivity contribution in [3.8, 4) is 11.8 Å². The molecule has 1 aromatic carbocycles. The number of piperidine rings is 1. The van der Waals surface area contributed by atoms with Gasteiger partial charge in [-0.2, -0.15) is 5.26 Å². The van der Waals surface area contributed by atoms with Crippen LogP contribution in [0.1, 0.15) is 40.9 Å². The van der Waals surface area contributed by atoms with E-state index in [2.05, 4.69) is 21.7 Å². The van der Waals surface area contributed by atoms with Crippen LogP contribution in [-0.4, -0.2) is 42.7 Å². The fraction of sp³-hybridized carbons (Fsp3) is 0.391. The normalized spacial score (nSPS) is 16.5. The van der Waals surface area contributed by atoms with Crippen molar-refractivity contribution in [1.29, 1.82) is 5.26 Å². The summed E-state index contributed by atoms with van der Waals surface area (Å²) in [5.41, 5.74) is 3.35. The van der Waals surface area contributed by atoms with E-state index in [9.17, 15) is 4.79 Å². The molecule has 0 bridgehead atoms. The lowest BCUT2D eigenvalue weighted by Gasteiger charge is -2.23. The molecule has 4 rings (SSSR count). The van der Waals surface area contributed by atoms with Gasteiger partial charge < -0.3 is 15.4 Å². The van der Waals surface area contributed by atoms with Crippen LogP contribution in [0.25, 0.3) is 0 Å². The summed E-state index contributed by atoms with van der Waals surface area (Å²) in [6.07, 6.45) is 4.29. The number of nitrogens with zero attached hydrogens (tertiary/aromatic N) is 3. The molecule has 2 aromatic rings. The van der Waals surface area contributed by atoms with Crippen LogP contribution < -0.4 is 15.4 Å². The molecule has 0 amide bonds. The molecule has 0 unspecified atom stereocenters. The number of Topliss-reactive ketones (excluding diaryl/α,β-unsaturated/α-hetero) is 1. The summed E-state index contributed by atoms with van der Waals surface area (Å²) in [7, 11) is 0. The Morgan fingerprint density at radius 2 is 2.00 bits per heavy atom. The van der Waals surface area contributed by atoms with Gasteiger partial charge in [-0.1, -0.05) is 0 Å². The summed E-state index contributed by atoms with van der Waals surface area (Å²) in [5.74, 6) is 1.36. The maximum Gasteiger partial charge on any atom is 0.170 e. The van der Waals surface area contributed by atoms with Gasteiger partial charge in [-0.25, -0.2) is 0 Å². The summed E-state index contributed by atoms with van der Waals surface area (Å²) in [5, 5.41) is 15.8. The van der Waals surface area contributed by atoms with Crippen molar-refractivity contribution < 1.29 is 9.53 Å². The van der Waals surface area contributed by atoms with E-state index in [0.29, 0.717) is 40.7 Å². The van der Waals surface area contributed by atoms with E-state index in [0.717, 1.165) is 25.3 Å². The van der Waals surface area contributed by atoms with Gasteiger partial charge in [0.1, 0.15) is 12.4 Å². The molecule has 2 N–H and O–H groups in total. The van der Waals surface area contributed by atoms with Gasteiger partial charge in [-0.3, -0.25) is 14.8 Å². The van der Waals surface area contributed by atoms with E-state index in [1.54, 1.807) is 36.5 Å². The summed E-state index contributed by atoms with van der Waals surface area (Å²) >= 11 is 0. The monoisotopic (exact) mass is 403 g/mol. The van der Waals surface area contributed by atoms with E-state index in [1.807, 2.05) is 0 Å². The van der Waals surface area contributed by atoms with Crippen LogP contribution in [0.2, 0.25) is 0 Å². The summed E-state index contributed by atoms with van der Waals surface area (Å²) in [6.45, 7) is 3.92. The lowest BCUT2D eigenvalue weighted by atomic mass is 9.98. The molecule has 1 saturated heterocycles. The second-order valence-corrected chi connectivity index (χ2v) is 7.68. The Bertz CT molecular complexity index is 972. The van der Waals surface area contributed by atoms with E-state index in [-0.39, 0.29) is 18.8 Å². The number of ketones is 1. The molecule has 7 heteroatoms. The molecule has 0 radical (unpaired) electrons. The standard InChI is InChI=1S/C23H25N5O2/c24-12-16-1-3-19(4-2-16)30-15-18-11-22(29)20-7-10-27-21(23(20)28-18)14-26-13-17-5-8-25-9-6-17/h1-4,7,10,17,25-26H,5-6,8-9,11,13-15H2. The van der Waals surface area contributed by atoms with Crippen molar-refractivity contribution in [2.45, 2.75) is 25.8 Å². The minimum absolute atomic E-state index is 0.0421. The third-order valence-electron chi connectivity index (χ3n) is 5.51. The van der Waals surface area contributed by atoms with Crippen molar-refractivity contribution >= 4 is 17.2 Å². The number of aromatic nitrogens is 1. The van der Waals surface area contributed by atoms with Crippen LogP contribution in [0.3, 0.4) is 0 Å². The van der Waals surface area contributed by atoms with Crippen LogP contribution in [0.4, 0.5) is 5.69 Å². The van der Waals surface area contributed by atoms with Crippen molar-refractivity contribution in [2.24, 2.45) is 10.9 Å². The SMILES string of the molecule is N#Cc1ccc(OCC2=Nc3c(ccnc3CNCC3CCNCC3)C(=O)C2)cc1. The molecule has 3 heterocycles. The highest BCUT2D eigenvalue weighted by Gasteiger charge is 2.23. The average molecular weight is 403 g/mol.